The fourth-order valence-electron chi connectivity index (χ4n) is 2.42. The Morgan fingerprint density at radius 1 is 1.41 bits per heavy atom. The molecular weight excluding hydrogens is 356 g/mol. The number of ketones is 2. The van der Waals surface area contributed by atoms with E-state index in [1.807, 2.05) is 0 Å². The van der Waals surface area contributed by atoms with Gasteiger partial charge in [-0.1, -0.05) is 15.9 Å². The lowest BCUT2D eigenvalue weighted by Crippen LogP contribution is -2.56. The summed E-state index contributed by atoms with van der Waals surface area (Å²) in [4.78, 5) is 47.0. The largest absolute Gasteiger partial charge is 0.350 e. The molecule has 1 unspecified atom stereocenters. The van der Waals surface area contributed by atoms with E-state index in [0.29, 0.717) is 4.47 Å². The van der Waals surface area contributed by atoms with Crippen LogP contribution in [0.2, 0.25) is 0 Å². The van der Waals surface area contributed by atoms with Gasteiger partial charge in [0.25, 0.3) is 5.69 Å². The van der Waals surface area contributed by atoms with Gasteiger partial charge in [0, 0.05) is 22.5 Å². The first-order chi connectivity index (χ1) is 10.1. The molecule has 8 heteroatoms. The molecule has 0 aliphatic carbocycles. The van der Waals surface area contributed by atoms with Crippen LogP contribution in [0.15, 0.2) is 22.7 Å². The molecular formula is C14H13BrN2O5. The van der Waals surface area contributed by atoms with Gasteiger partial charge >= 0.3 is 0 Å². The molecule has 1 amide bonds. The standard InChI is InChI=1S/C14H13BrN2O5/c1-14(2)6-10(18)11(13(20)16-14)12(19)8-4-3-7(15)5-9(8)17(21)22/h3-5,11H,6H2,1-2H3,(H,16,20). The number of nitrogens with one attached hydrogen (secondary N) is 1. The van der Waals surface area contributed by atoms with Crippen molar-refractivity contribution >= 4 is 39.1 Å². The highest BCUT2D eigenvalue weighted by molar-refractivity contribution is 9.10. The molecule has 1 atom stereocenters. The molecule has 1 heterocycles. The first kappa shape index (κ1) is 16.3. The summed E-state index contributed by atoms with van der Waals surface area (Å²) in [5.74, 6) is -3.63. The highest BCUT2D eigenvalue weighted by Crippen LogP contribution is 2.29. The van der Waals surface area contributed by atoms with E-state index in [1.54, 1.807) is 13.8 Å². The average Bonchev–Trinajstić information content (AvgIpc) is 2.35. The van der Waals surface area contributed by atoms with Crippen molar-refractivity contribution in [3.63, 3.8) is 0 Å². The van der Waals surface area contributed by atoms with Crippen molar-refractivity contribution in [3.05, 3.63) is 38.3 Å². The average molecular weight is 369 g/mol. The third kappa shape index (κ3) is 3.06. The summed E-state index contributed by atoms with van der Waals surface area (Å²) < 4.78 is 0.427. The summed E-state index contributed by atoms with van der Waals surface area (Å²) in [5, 5.41) is 13.7. The normalized spacial score (nSPS) is 20.4. The number of Topliss-reactive ketones (excluding diaryl/α,β-unsaturated/α-hetero) is 2. The minimum atomic E-state index is -1.53. The molecule has 0 bridgehead atoms. The van der Waals surface area contributed by atoms with Gasteiger partial charge in [-0.3, -0.25) is 24.5 Å². The fraction of sp³-hybridized carbons (Fsp3) is 0.357. The second kappa shape index (κ2) is 5.60. The van der Waals surface area contributed by atoms with E-state index in [1.165, 1.54) is 18.2 Å². The number of halogens is 1. The number of benzene rings is 1. The van der Waals surface area contributed by atoms with Gasteiger partial charge in [-0.25, -0.2) is 0 Å². The number of carbonyl (C=O) groups is 3. The first-order valence-electron chi connectivity index (χ1n) is 6.45. The van der Waals surface area contributed by atoms with Crippen molar-refractivity contribution in [2.45, 2.75) is 25.8 Å². The molecule has 0 aromatic heterocycles. The molecule has 2 rings (SSSR count). The predicted octanol–water partition coefficient (Wildman–Crippen LogP) is 2.02. The number of hydrogen-bond acceptors (Lipinski definition) is 5. The molecule has 0 saturated carbocycles. The van der Waals surface area contributed by atoms with Gasteiger partial charge in [0.2, 0.25) is 5.91 Å². The Morgan fingerprint density at radius 3 is 2.59 bits per heavy atom. The summed E-state index contributed by atoms with van der Waals surface area (Å²) in [6.07, 6.45) is -0.000524. The number of nitro groups is 1. The predicted molar refractivity (Wildman–Crippen MR) is 80.5 cm³/mol. The Balaban J connectivity index is 2.43. The number of hydrogen-bond donors (Lipinski definition) is 1. The van der Waals surface area contributed by atoms with Crippen LogP contribution >= 0.6 is 15.9 Å². The Bertz CT molecular complexity index is 678. The van der Waals surface area contributed by atoms with Crippen LogP contribution in [0.25, 0.3) is 0 Å². The van der Waals surface area contributed by atoms with Gasteiger partial charge in [0.15, 0.2) is 17.5 Å². The number of nitrogens with zero attached hydrogens (tertiary/aromatic N) is 1. The maximum atomic E-state index is 12.5. The topological polar surface area (TPSA) is 106 Å². The van der Waals surface area contributed by atoms with Gasteiger partial charge in [-0.15, -0.1) is 0 Å². The van der Waals surface area contributed by atoms with Crippen molar-refractivity contribution in [2.75, 3.05) is 0 Å². The fourth-order valence-corrected chi connectivity index (χ4v) is 2.77. The molecule has 1 aromatic carbocycles. The molecule has 1 aliphatic heterocycles. The Labute approximate surface area is 134 Å². The van der Waals surface area contributed by atoms with Crippen LogP contribution < -0.4 is 5.32 Å². The quantitative estimate of drug-likeness (QED) is 0.380. The lowest BCUT2D eigenvalue weighted by atomic mass is 9.81. The molecule has 1 aliphatic rings. The van der Waals surface area contributed by atoms with Crippen LogP contribution in [-0.4, -0.2) is 27.9 Å². The number of piperidine rings is 1. The minimum Gasteiger partial charge on any atom is -0.350 e. The number of carbonyl (C=O) groups excluding carboxylic acids is 3. The summed E-state index contributed by atoms with van der Waals surface area (Å²) in [7, 11) is 0. The minimum absolute atomic E-state index is 0.000524. The van der Waals surface area contributed by atoms with Gasteiger partial charge in [-0.05, 0) is 26.0 Å². The molecule has 0 radical (unpaired) electrons. The first-order valence-corrected chi connectivity index (χ1v) is 7.24. The molecule has 1 saturated heterocycles. The maximum absolute atomic E-state index is 12.5. The molecule has 7 nitrogen and oxygen atoms in total. The van der Waals surface area contributed by atoms with Crippen molar-refractivity contribution in [3.8, 4) is 0 Å². The molecule has 1 fully saturated rings. The summed E-state index contributed by atoms with van der Waals surface area (Å²) in [5.41, 5.74) is -1.41. The highest BCUT2D eigenvalue weighted by Gasteiger charge is 2.44. The van der Waals surface area contributed by atoms with E-state index >= 15 is 0 Å². The molecule has 116 valence electrons. The van der Waals surface area contributed by atoms with E-state index in [4.69, 9.17) is 0 Å². The Hall–Kier alpha value is -2.09. The maximum Gasteiger partial charge on any atom is 0.281 e. The number of nitro benzene ring substituents is 1. The van der Waals surface area contributed by atoms with Crippen LogP contribution in [0.3, 0.4) is 0 Å². The van der Waals surface area contributed by atoms with Crippen molar-refractivity contribution in [1.82, 2.24) is 5.32 Å². The van der Waals surface area contributed by atoms with Gasteiger partial charge in [0.05, 0.1) is 10.5 Å². The molecule has 1 aromatic rings. The number of amides is 1. The van der Waals surface area contributed by atoms with Crippen LogP contribution in [0.4, 0.5) is 5.69 Å². The van der Waals surface area contributed by atoms with Crippen LogP contribution in [-0.2, 0) is 9.59 Å². The van der Waals surface area contributed by atoms with Crippen molar-refractivity contribution in [2.24, 2.45) is 5.92 Å². The summed E-state index contributed by atoms with van der Waals surface area (Å²) in [6, 6.07) is 3.86. The van der Waals surface area contributed by atoms with Crippen LogP contribution in [0.1, 0.15) is 30.6 Å². The lowest BCUT2D eigenvalue weighted by molar-refractivity contribution is -0.385. The molecule has 0 spiro atoms. The summed E-state index contributed by atoms with van der Waals surface area (Å²) in [6.45, 7) is 3.34. The SMILES string of the molecule is CC1(C)CC(=O)C(C(=O)c2ccc(Br)cc2[N+](=O)[O-])C(=O)N1. The zero-order chi connectivity index (χ0) is 16.7. The van der Waals surface area contributed by atoms with Crippen LogP contribution in [0, 0.1) is 16.0 Å². The Morgan fingerprint density at radius 2 is 2.05 bits per heavy atom. The zero-order valence-corrected chi connectivity index (χ0v) is 13.5. The zero-order valence-electron chi connectivity index (χ0n) is 11.9. The third-order valence-electron chi connectivity index (χ3n) is 3.35. The molecule has 22 heavy (non-hydrogen) atoms. The Kier molecular flexibility index (Phi) is 4.15. The van der Waals surface area contributed by atoms with E-state index in [2.05, 4.69) is 21.2 Å². The lowest BCUT2D eigenvalue weighted by Gasteiger charge is -2.33. The second-order valence-corrected chi connectivity index (χ2v) is 6.65. The van der Waals surface area contributed by atoms with Crippen molar-refractivity contribution < 1.29 is 19.3 Å². The van der Waals surface area contributed by atoms with E-state index in [0.717, 1.165) is 0 Å². The molecule has 1 N–H and O–H groups in total. The van der Waals surface area contributed by atoms with E-state index in [-0.39, 0.29) is 12.0 Å². The summed E-state index contributed by atoms with van der Waals surface area (Å²) >= 11 is 3.09. The third-order valence-corrected chi connectivity index (χ3v) is 3.84. The van der Waals surface area contributed by atoms with Gasteiger partial charge in [0.1, 0.15) is 0 Å². The second-order valence-electron chi connectivity index (χ2n) is 5.73. The number of rotatable bonds is 3. The monoisotopic (exact) mass is 368 g/mol. The van der Waals surface area contributed by atoms with Crippen LogP contribution in [0.5, 0.6) is 0 Å². The van der Waals surface area contributed by atoms with Gasteiger partial charge < -0.3 is 5.32 Å². The van der Waals surface area contributed by atoms with Gasteiger partial charge in [-0.2, -0.15) is 0 Å². The smallest absolute Gasteiger partial charge is 0.281 e. The highest BCUT2D eigenvalue weighted by atomic mass is 79.9. The van der Waals surface area contributed by atoms with Crippen molar-refractivity contribution in [1.29, 1.82) is 0 Å². The van der Waals surface area contributed by atoms with E-state index < -0.39 is 39.5 Å². The van der Waals surface area contributed by atoms with E-state index in [9.17, 15) is 24.5 Å².